The van der Waals surface area contributed by atoms with Crippen molar-refractivity contribution in [2.45, 2.75) is 39.2 Å². The first-order valence-corrected chi connectivity index (χ1v) is 6.13. The summed E-state index contributed by atoms with van der Waals surface area (Å²) in [6.07, 6.45) is 3.28. The highest BCUT2D eigenvalue weighted by Gasteiger charge is 2.18. The predicted molar refractivity (Wildman–Crippen MR) is 65.0 cm³/mol. The first-order valence-electron chi connectivity index (χ1n) is 6.13. The van der Waals surface area contributed by atoms with Crippen LogP contribution in [0.5, 0.6) is 0 Å². The maximum Gasteiger partial charge on any atom is 0.126 e. The Morgan fingerprint density at radius 1 is 1.38 bits per heavy atom. The van der Waals surface area contributed by atoms with E-state index >= 15 is 0 Å². The van der Waals surface area contributed by atoms with Gasteiger partial charge in [0.1, 0.15) is 5.82 Å². The van der Waals surface area contributed by atoms with Gasteiger partial charge in [-0.05, 0) is 57.2 Å². The van der Waals surface area contributed by atoms with Crippen molar-refractivity contribution in [3.63, 3.8) is 0 Å². The Morgan fingerprint density at radius 2 is 2.19 bits per heavy atom. The molecule has 1 aliphatic heterocycles. The predicted octanol–water partition coefficient (Wildman–Crippen LogP) is 3.06. The zero-order chi connectivity index (χ0) is 11.5. The quantitative estimate of drug-likeness (QED) is 0.809. The summed E-state index contributed by atoms with van der Waals surface area (Å²) >= 11 is 0. The van der Waals surface area contributed by atoms with Gasteiger partial charge in [0.15, 0.2) is 0 Å². The van der Waals surface area contributed by atoms with Crippen molar-refractivity contribution in [2.75, 3.05) is 6.54 Å². The van der Waals surface area contributed by atoms with E-state index in [2.05, 4.69) is 12.2 Å². The lowest BCUT2D eigenvalue weighted by molar-refractivity contribution is 0.320. The van der Waals surface area contributed by atoms with Crippen molar-refractivity contribution in [3.8, 4) is 0 Å². The molecule has 0 saturated carbocycles. The van der Waals surface area contributed by atoms with E-state index in [-0.39, 0.29) is 5.82 Å². The Labute approximate surface area is 97.1 Å². The summed E-state index contributed by atoms with van der Waals surface area (Å²) in [5, 5.41) is 3.46. The standard InChI is InChI=1S/C14H20FN/c1-10-3-6-14(15)13(7-10)8-12-5-4-11(2)16-9-12/h3,6-7,11-12,16H,4-5,8-9H2,1-2H3. The van der Waals surface area contributed by atoms with Gasteiger partial charge in [-0.1, -0.05) is 17.7 Å². The zero-order valence-corrected chi connectivity index (χ0v) is 10.1. The van der Waals surface area contributed by atoms with Gasteiger partial charge in [-0.15, -0.1) is 0 Å². The van der Waals surface area contributed by atoms with Gasteiger partial charge in [-0.2, -0.15) is 0 Å². The van der Waals surface area contributed by atoms with Crippen LogP contribution in [-0.2, 0) is 6.42 Å². The van der Waals surface area contributed by atoms with Crippen molar-refractivity contribution >= 4 is 0 Å². The van der Waals surface area contributed by atoms with E-state index in [1.165, 1.54) is 12.8 Å². The molecule has 0 radical (unpaired) electrons. The molecule has 1 aromatic rings. The van der Waals surface area contributed by atoms with Crippen LogP contribution in [0.15, 0.2) is 18.2 Å². The molecule has 2 rings (SSSR count). The SMILES string of the molecule is Cc1ccc(F)c(CC2CCC(C)NC2)c1. The van der Waals surface area contributed by atoms with E-state index in [4.69, 9.17) is 0 Å². The molecule has 0 aromatic heterocycles. The molecule has 1 aromatic carbocycles. The smallest absolute Gasteiger partial charge is 0.126 e. The van der Waals surface area contributed by atoms with Crippen LogP contribution in [0.2, 0.25) is 0 Å². The Balaban J connectivity index is 2.00. The van der Waals surface area contributed by atoms with Crippen LogP contribution in [0.3, 0.4) is 0 Å². The molecular weight excluding hydrogens is 201 g/mol. The fourth-order valence-electron chi connectivity index (χ4n) is 2.40. The lowest BCUT2D eigenvalue weighted by Gasteiger charge is -2.27. The number of hydrogen-bond donors (Lipinski definition) is 1. The second kappa shape index (κ2) is 4.96. The summed E-state index contributed by atoms with van der Waals surface area (Å²) in [5.74, 6) is 0.539. The minimum atomic E-state index is -0.0516. The largest absolute Gasteiger partial charge is 0.314 e. The fraction of sp³-hybridized carbons (Fsp3) is 0.571. The summed E-state index contributed by atoms with van der Waals surface area (Å²) in [7, 11) is 0. The Hall–Kier alpha value is -0.890. The molecule has 2 heteroatoms. The summed E-state index contributed by atoms with van der Waals surface area (Å²) in [6.45, 7) is 5.25. The second-order valence-corrected chi connectivity index (χ2v) is 5.05. The van der Waals surface area contributed by atoms with Crippen LogP contribution < -0.4 is 5.32 Å². The Kier molecular flexibility index (Phi) is 3.59. The normalized spacial score (nSPS) is 25.7. The molecule has 1 heterocycles. The summed E-state index contributed by atoms with van der Waals surface area (Å²) in [5.41, 5.74) is 2.02. The van der Waals surface area contributed by atoms with Crippen LogP contribution >= 0.6 is 0 Å². The van der Waals surface area contributed by atoms with Gasteiger partial charge in [-0.25, -0.2) is 4.39 Å². The molecule has 0 spiro atoms. The molecule has 1 fully saturated rings. The lowest BCUT2D eigenvalue weighted by atomic mass is 9.89. The second-order valence-electron chi connectivity index (χ2n) is 5.05. The molecule has 0 bridgehead atoms. The molecular formula is C14H20FN. The zero-order valence-electron chi connectivity index (χ0n) is 10.1. The van der Waals surface area contributed by atoms with Crippen molar-refractivity contribution < 1.29 is 4.39 Å². The number of benzene rings is 1. The van der Waals surface area contributed by atoms with Gasteiger partial charge in [0.25, 0.3) is 0 Å². The Morgan fingerprint density at radius 3 is 2.88 bits per heavy atom. The first-order chi connectivity index (χ1) is 7.65. The van der Waals surface area contributed by atoms with Crippen LogP contribution in [-0.4, -0.2) is 12.6 Å². The van der Waals surface area contributed by atoms with Crippen LogP contribution in [0, 0.1) is 18.7 Å². The minimum Gasteiger partial charge on any atom is -0.314 e. The van der Waals surface area contributed by atoms with Gasteiger partial charge < -0.3 is 5.32 Å². The molecule has 2 unspecified atom stereocenters. The summed E-state index contributed by atoms with van der Waals surface area (Å²) < 4.78 is 13.6. The van der Waals surface area contributed by atoms with Gasteiger partial charge in [0.05, 0.1) is 0 Å². The van der Waals surface area contributed by atoms with E-state index in [0.717, 1.165) is 24.1 Å². The summed E-state index contributed by atoms with van der Waals surface area (Å²) in [4.78, 5) is 0. The number of piperidine rings is 1. The molecule has 1 nitrogen and oxygen atoms in total. The van der Waals surface area contributed by atoms with Crippen molar-refractivity contribution in [2.24, 2.45) is 5.92 Å². The monoisotopic (exact) mass is 221 g/mol. The first kappa shape index (κ1) is 11.6. The van der Waals surface area contributed by atoms with Crippen molar-refractivity contribution in [1.82, 2.24) is 5.32 Å². The van der Waals surface area contributed by atoms with Gasteiger partial charge >= 0.3 is 0 Å². The van der Waals surface area contributed by atoms with Gasteiger partial charge in [-0.3, -0.25) is 0 Å². The highest BCUT2D eigenvalue weighted by atomic mass is 19.1. The van der Waals surface area contributed by atoms with Crippen LogP contribution in [0.1, 0.15) is 30.9 Å². The number of aryl methyl sites for hydroxylation is 1. The highest BCUT2D eigenvalue weighted by Crippen LogP contribution is 2.21. The summed E-state index contributed by atoms with van der Waals surface area (Å²) in [6, 6.07) is 6.02. The van der Waals surface area contributed by atoms with Crippen molar-refractivity contribution in [1.29, 1.82) is 0 Å². The number of hydrogen-bond acceptors (Lipinski definition) is 1. The van der Waals surface area contributed by atoms with E-state index in [9.17, 15) is 4.39 Å². The number of halogens is 1. The maximum absolute atomic E-state index is 13.6. The molecule has 2 atom stereocenters. The van der Waals surface area contributed by atoms with E-state index in [0.29, 0.717) is 12.0 Å². The van der Waals surface area contributed by atoms with E-state index in [1.54, 1.807) is 6.07 Å². The molecule has 0 aliphatic carbocycles. The van der Waals surface area contributed by atoms with Gasteiger partial charge in [0, 0.05) is 6.04 Å². The minimum absolute atomic E-state index is 0.0516. The molecule has 1 N–H and O–H groups in total. The average molecular weight is 221 g/mol. The molecule has 1 saturated heterocycles. The molecule has 0 amide bonds. The Bertz CT molecular complexity index is 354. The number of nitrogens with one attached hydrogen (secondary N) is 1. The van der Waals surface area contributed by atoms with Crippen LogP contribution in [0.4, 0.5) is 4.39 Å². The number of rotatable bonds is 2. The third-order valence-electron chi connectivity index (χ3n) is 3.47. The third kappa shape index (κ3) is 2.82. The van der Waals surface area contributed by atoms with Crippen LogP contribution in [0.25, 0.3) is 0 Å². The van der Waals surface area contributed by atoms with E-state index in [1.807, 2.05) is 19.1 Å². The third-order valence-corrected chi connectivity index (χ3v) is 3.47. The molecule has 88 valence electrons. The molecule has 16 heavy (non-hydrogen) atoms. The highest BCUT2D eigenvalue weighted by molar-refractivity contribution is 5.24. The van der Waals surface area contributed by atoms with Gasteiger partial charge in [0.2, 0.25) is 0 Å². The van der Waals surface area contributed by atoms with E-state index < -0.39 is 0 Å². The van der Waals surface area contributed by atoms with Crippen molar-refractivity contribution in [3.05, 3.63) is 35.1 Å². The maximum atomic E-state index is 13.6. The molecule has 1 aliphatic rings. The lowest BCUT2D eigenvalue weighted by Crippen LogP contribution is -2.37. The fourth-order valence-corrected chi connectivity index (χ4v) is 2.40. The topological polar surface area (TPSA) is 12.0 Å². The average Bonchev–Trinajstić information content (AvgIpc) is 2.27.